The summed E-state index contributed by atoms with van der Waals surface area (Å²) < 4.78 is 41.1. The summed E-state index contributed by atoms with van der Waals surface area (Å²) in [5.41, 5.74) is 7.23. The first-order valence-corrected chi connectivity index (χ1v) is 13.4. The number of nitrogens with two attached hydrogens (primary N) is 1. The van der Waals surface area contributed by atoms with E-state index in [-0.39, 0.29) is 34.7 Å². The molecule has 0 saturated heterocycles. The standard InChI is InChI=1S/C26H23ClFN3O4S/c27-17-8-6-15(7-9-17)13-31-23-11-19(20(28)12-24(23)36(34,35)14-21(29)26(31)33)25(32)30-22-10-18(22)16-4-2-1-3-5-16/h1-9,11-12,18,21-22H,10,13-14,29H2,(H,30,32)/t18-,21?,22+/m1/s1. The van der Waals surface area contributed by atoms with Crippen molar-refractivity contribution in [3.63, 3.8) is 0 Å². The highest BCUT2D eigenvalue weighted by Crippen LogP contribution is 2.41. The van der Waals surface area contributed by atoms with Crippen molar-refractivity contribution in [1.29, 1.82) is 0 Å². The lowest BCUT2D eigenvalue weighted by atomic mass is 10.1. The number of carbonyl (C=O) groups excluding carboxylic acids is 2. The molecule has 1 saturated carbocycles. The van der Waals surface area contributed by atoms with Crippen molar-refractivity contribution in [3.05, 3.63) is 94.3 Å². The van der Waals surface area contributed by atoms with Crippen LogP contribution in [0.3, 0.4) is 0 Å². The number of nitrogens with one attached hydrogen (secondary N) is 1. The third-order valence-electron chi connectivity index (χ3n) is 6.49. The third kappa shape index (κ3) is 4.74. The summed E-state index contributed by atoms with van der Waals surface area (Å²) in [4.78, 5) is 27.0. The van der Waals surface area contributed by atoms with Gasteiger partial charge in [0.1, 0.15) is 5.82 Å². The Bertz CT molecular complexity index is 1450. The molecule has 5 rings (SSSR count). The molecule has 1 heterocycles. The fourth-order valence-electron chi connectivity index (χ4n) is 4.50. The van der Waals surface area contributed by atoms with Crippen LogP contribution < -0.4 is 16.0 Å². The molecule has 1 fully saturated rings. The lowest BCUT2D eigenvalue weighted by Gasteiger charge is -2.25. The zero-order valence-electron chi connectivity index (χ0n) is 19.0. The van der Waals surface area contributed by atoms with E-state index in [9.17, 15) is 18.0 Å². The Balaban J connectivity index is 1.50. The molecule has 1 unspecified atom stereocenters. The molecule has 0 radical (unpaired) electrons. The van der Waals surface area contributed by atoms with E-state index in [0.717, 1.165) is 17.7 Å². The van der Waals surface area contributed by atoms with Crippen LogP contribution in [-0.4, -0.2) is 38.1 Å². The Morgan fingerprint density at radius 3 is 2.50 bits per heavy atom. The van der Waals surface area contributed by atoms with Crippen molar-refractivity contribution in [2.75, 3.05) is 10.7 Å². The fourth-order valence-corrected chi connectivity index (χ4v) is 6.19. The molecule has 2 aliphatic rings. The highest BCUT2D eigenvalue weighted by molar-refractivity contribution is 7.91. The Hall–Kier alpha value is -3.27. The van der Waals surface area contributed by atoms with Crippen LogP contribution >= 0.6 is 11.6 Å². The van der Waals surface area contributed by atoms with E-state index in [1.165, 1.54) is 4.90 Å². The van der Waals surface area contributed by atoms with Crippen LogP contribution in [0.2, 0.25) is 5.02 Å². The molecule has 3 aromatic rings. The molecule has 0 spiro atoms. The number of sulfone groups is 1. The molecule has 10 heteroatoms. The molecule has 0 aromatic heterocycles. The van der Waals surface area contributed by atoms with Gasteiger partial charge in [0.05, 0.1) is 34.5 Å². The van der Waals surface area contributed by atoms with E-state index in [4.69, 9.17) is 17.3 Å². The monoisotopic (exact) mass is 527 g/mol. The van der Waals surface area contributed by atoms with Gasteiger partial charge in [0, 0.05) is 17.0 Å². The molecule has 3 aromatic carbocycles. The van der Waals surface area contributed by atoms with E-state index in [1.54, 1.807) is 24.3 Å². The zero-order valence-corrected chi connectivity index (χ0v) is 20.6. The predicted octanol–water partition coefficient (Wildman–Crippen LogP) is 3.41. The number of anilines is 1. The maximum absolute atomic E-state index is 15.1. The first kappa shape index (κ1) is 24.4. The quantitative estimate of drug-likeness (QED) is 0.528. The highest BCUT2D eigenvalue weighted by atomic mass is 35.5. The minimum absolute atomic E-state index is 0.0301. The summed E-state index contributed by atoms with van der Waals surface area (Å²) in [6, 6.07) is 16.7. The summed E-state index contributed by atoms with van der Waals surface area (Å²) in [5, 5.41) is 3.32. The number of nitrogens with zero attached hydrogens (tertiary/aromatic N) is 1. The summed E-state index contributed by atoms with van der Waals surface area (Å²) in [6.45, 7) is -0.0301. The average Bonchev–Trinajstić information content (AvgIpc) is 3.62. The van der Waals surface area contributed by atoms with Crippen molar-refractivity contribution in [2.24, 2.45) is 5.73 Å². The SMILES string of the molecule is NC1CS(=O)(=O)c2cc(F)c(C(=O)N[C@H]3C[C@@H]3c3ccccc3)cc2N(Cc2ccc(Cl)cc2)C1=O. The van der Waals surface area contributed by atoms with Gasteiger partial charge in [-0.15, -0.1) is 0 Å². The van der Waals surface area contributed by atoms with Crippen LogP contribution in [0.5, 0.6) is 0 Å². The molecule has 7 nitrogen and oxygen atoms in total. The first-order valence-electron chi connectivity index (χ1n) is 11.4. The lowest BCUT2D eigenvalue weighted by molar-refractivity contribution is -0.119. The second-order valence-electron chi connectivity index (χ2n) is 9.07. The van der Waals surface area contributed by atoms with Crippen LogP contribution in [-0.2, 0) is 21.2 Å². The van der Waals surface area contributed by atoms with Gasteiger partial charge in [0.2, 0.25) is 5.91 Å². The molecule has 186 valence electrons. The predicted molar refractivity (Wildman–Crippen MR) is 134 cm³/mol. The Labute approximate surface area is 213 Å². The van der Waals surface area contributed by atoms with Crippen LogP contribution in [0.25, 0.3) is 0 Å². The summed E-state index contributed by atoms with van der Waals surface area (Å²) in [7, 11) is -4.09. The fraction of sp³-hybridized carbons (Fsp3) is 0.231. The highest BCUT2D eigenvalue weighted by Gasteiger charge is 2.41. The molecule has 1 aliphatic heterocycles. The van der Waals surface area contributed by atoms with E-state index in [0.29, 0.717) is 17.0 Å². The first-order chi connectivity index (χ1) is 17.1. The second-order valence-corrected chi connectivity index (χ2v) is 11.5. The van der Waals surface area contributed by atoms with Gasteiger partial charge in [0.15, 0.2) is 9.84 Å². The van der Waals surface area contributed by atoms with Crippen LogP contribution in [0.1, 0.15) is 33.8 Å². The van der Waals surface area contributed by atoms with Crippen LogP contribution in [0, 0.1) is 5.82 Å². The van der Waals surface area contributed by atoms with E-state index in [2.05, 4.69) is 5.32 Å². The van der Waals surface area contributed by atoms with Crippen molar-refractivity contribution in [2.45, 2.75) is 35.9 Å². The third-order valence-corrected chi connectivity index (χ3v) is 8.54. The van der Waals surface area contributed by atoms with Crippen LogP contribution in [0.15, 0.2) is 71.6 Å². The zero-order chi connectivity index (χ0) is 25.6. The number of halogens is 2. The molecule has 3 atom stereocenters. The molecule has 36 heavy (non-hydrogen) atoms. The number of carbonyl (C=O) groups is 2. The molecule has 2 amide bonds. The topological polar surface area (TPSA) is 110 Å². The van der Waals surface area contributed by atoms with Crippen molar-refractivity contribution >= 4 is 38.9 Å². The lowest BCUT2D eigenvalue weighted by Crippen LogP contribution is -2.45. The van der Waals surface area contributed by atoms with E-state index < -0.39 is 39.3 Å². The Morgan fingerprint density at radius 2 is 1.81 bits per heavy atom. The average molecular weight is 528 g/mol. The van der Waals surface area contributed by atoms with Gasteiger partial charge in [-0.2, -0.15) is 0 Å². The van der Waals surface area contributed by atoms with Gasteiger partial charge in [-0.3, -0.25) is 9.59 Å². The summed E-state index contributed by atoms with van der Waals surface area (Å²) >= 11 is 5.95. The normalized spacial score (nSPS) is 22.5. The van der Waals surface area contributed by atoms with Crippen molar-refractivity contribution in [1.82, 2.24) is 5.32 Å². The number of hydrogen-bond donors (Lipinski definition) is 2. The summed E-state index contributed by atoms with van der Waals surface area (Å²) in [6.07, 6.45) is 0.715. The maximum atomic E-state index is 15.1. The number of rotatable bonds is 5. The molecule has 3 N–H and O–H groups in total. The minimum atomic E-state index is -4.09. The maximum Gasteiger partial charge on any atom is 0.254 e. The smallest absolute Gasteiger partial charge is 0.254 e. The Morgan fingerprint density at radius 1 is 1.11 bits per heavy atom. The van der Waals surface area contributed by atoms with Gasteiger partial charge >= 0.3 is 0 Å². The molecular formula is C26H23ClFN3O4S. The van der Waals surface area contributed by atoms with Gasteiger partial charge in [-0.25, -0.2) is 12.8 Å². The molecular weight excluding hydrogens is 505 g/mol. The van der Waals surface area contributed by atoms with Gasteiger partial charge < -0.3 is 16.0 Å². The number of fused-ring (bicyclic) bond motifs is 1. The number of amides is 2. The van der Waals surface area contributed by atoms with Crippen molar-refractivity contribution in [3.8, 4) is 0 Å². The number of benzene rings is 3. The van der Waals surface area contributed by atoms with Crippen molar-refractivity contribution < 1.29 is 22.4 Å². The van der Waals surface area contributed by atoms with E-state index in [1.807, 2.05) is 30.3 Å². The Kier molecular flexibility index (Phi) is 6.32. The van der Waals surface area contributed by atoms with Crippen LogP contribution in [0.4, 0.5) is 10.1 Å². The molecule has 0 bridgehead atoms. The van der Waals surface area contributed by atoms with Gasteiger partial charge in [-0.05, 0) is 41.8 Å². The number of hydrogen-bond acceptors (Lipinski definition) is 5. The van der Waals surface area contributed by atoms with Gasteiger partial charge in [0.25, 0.3) is 5.91 Å². The molecule has 1 aliphatic carbocycles. The minimum Gasteiger partial charge on any atom is -0.349 e. The van der Waals surface area contributed by atoms with E-state index >= 15 is 4.39 Å². The van der Waals surface area contributed by atoms with Gasteiger partial charge in [-0.1, -0.05) is 54.1 Å². The second kappa shape index (κ2) is 9.31. The summed E-state index contributed by atoms with van der Waals surface area (Å²) in [5.74, 6) is -2.84. The largest absolute Gasteiger partial charge is 0.349 e.